The SMILES string of the molecule is CCCCCCCC(=O)NC(=S)Nc1ccccc1C(=O)NC(C)CC. The predicted molar refractivity (Wildman–Crippen MR) is 111 cm³/mol. The zero-order valence-electron chi connectivity index (χ0n) is 16.1. The summed E-state index contributed by atoms with van der Waals surface area (Å²) in [6.45, 7) is 6.14. The molecule has 0 saturated heterocycles. The molecular formula is C20H31N3O2S. The molecule has 0 fully saturated rings. The van der Waals surface area contributed by atoms with E-state index in [2.05, 4.69) is 22.9 Å². The third-order valence-electron chi connectivity index (χ3n) is 4.17. The Balaban J connectivity index is 2.53. The van der Waals surface area contributed by atoms with Gasteiger partial charge >= 0.3 is 0 Å². The molecule has 2 amide bonds. The van der Waals surface area contributed by atoms with Crippen LogP contribution in [-0.2, 0) is 4.79 Å². The minimum absolute atomic E-state index is 0.0925. The molecule has 0 spiro atoms. The third kappa shape index (κ3) is 8.43. The van der Waals surface area contributed by atoms with Crippen LogP contribution in [0.15, 0.2) is 24.3 Å². The van der Waals surface area contributed by atoms with E-state index in [1.165, 1.54) is 12.8 Å². The number of hydrogen-bond acceptors (Lipinski definition) is 3. The van der Waals surface area contributed by atoms with E-state index in [1.54, 1.807) is 18.2 Å². The molecule has 0 heterocycles. The number of carbonyl (C=O) groups excluding carboxylic acids is 2. The summed E-state index contributed by atoms with van der Waals surface area (Å²) < 4.78 is 0. The second kappa shape index (κ2) is 12.4. The fourth-order valence-electron chi connectivity index (χ4n) is 2.43. The van der Waals surface area contributed by atoms with Gasteiger partial charge in [0.05, 0.1) is 11.3 Å². The second-order valence-corrected chi connectivity index (χ2v) is 6.90. The van der Waals surface area contributed by atoms with Crippen LogP contribution in [0.1, 0.15) is 76.1 Å². The summed E-state index contributed by atoms with van der Waals surface area (Å²) in [4.78, 5) is 24.3. The van der Waals surface area contributed by atoms with Crippen LogP contribution in [-0.4, -0.2) is 23.0 Å². The summed E-state index contributed by atoms with van der Waals surface area (Å²) in [5.41, 5.74) is 1.09. The summed E-state index contributed by atoms with van der Waals surface area (Å²) >= 11 is 5.21. The Labute approximate surface area is 162 Å². The van der Waals surface area contributed by atoms with Gasteiger partial charge < -0.3 is 16.0 Å². The molecule has 144 valence electrons. The topological polar surface area (TPSA) is 70.2 Å². The van der Waals surface area contributed by atoms with Crippen molar-refractivity contribution in [2.24, 2.45) is 0 Å². The molecule has 1 aromatic carbocycles. The molecule has 0 aromatic heterocycles. The maximum Gasteiger partial charge on any atom is 0.253 e. The number of benzene rings is 1. The van der Waals surface area contributed by atoms with Crippen LogP contribution < -0.4 is 16.0 Å². The van der Waals surface area contributed by atoms with Crippen molar-refractivity contribution in [3.05, 3.63) is 29.8 Å². The zero-order valence-corrected chi connectivity index (χ0v) is 16.9. The molecule has 0 aliphatic rings. The van der Waals surface area contributed by atoms with E-state index in [1.807, 2.05) is 19.9 Å². The minimum Gasteiger partial charge on any atom is -0.350 e. The van der Waals surface area contributed by atoms with Crippen molar-refractivity contribution in [1.82, 2.24) is 10.6 Å². The van der Waals surface area contributed by atoms with Crippen molar-refractivity contribution in [2.75, 3.05) is 5.32 Å². The Bertz CT molecular complexity index is 604. The first kappa shape index (κ1) is 22.1. The van der Waals surface area contributed by atoms with Gasteiger partial charge in [0, 0.05) is 12.5 Å². The molecule has 5 nitrogen and oxygen atoms in total. The molecule has 0 bridgehead atoms. The van der Waals surface area contributed by atoms with Crippen LogP contribution in [0.5, 0.6) is 0 Å². The number of rotatable bonds is 10. The summed E-state index contributed by atoms with van der Waals surface area (Å²) in [5.74, 6) is -0.256. The van der Waals surface area contributed by atoms with Gasteiger partial charge in [-0.05, 0) is 44.1 Å². The van der Waals surface area contributed by atoms with E-state index in [4.69, 9.17) is 12.2 Å². The standard InChI is InChI=1S/C20H31N3O2S/c1-4-6-7-8-9-14-18(24)23-20(26)22-17-13-11-10-12-16(17)19(25)21-15(3)5-2/h10-13,15H,4-9,14H2,1-3H3,(H,21,25)(H2,22,23,24,26). The van der Waals surface area contributed by atoms with Crippen molar-refractivity contribution < 1.29 is 9.59 Å². The maximum atomic E-state index is 12.4. The highest BCUT2D eigenvalue weighted by atomic mass is 32.1. The number of para-hydroxylation sites is 1. The monoisotopic (exact) mass is 377 g/mol. The first-order chi connectivity index (χ1) is 12.5. The second-order valence-electron chi connectivity index (χ2n) is 6.49. The molecule has 0 aliphatic heterocycles. The molecule has 6 heteroatoms. The van der Waals surface area contributed by atoms with E-state index in [-0.39, 0.29) is 23.0 Å². The number of unbranched alkanes of at least 4 members (excludes halogenated alkanes) is 4. The average Bonchev–Trinajstić information content (AvgIpc) is 2.61. The molecule has 1 atom stereocenters. The van der Waals surface area contributed by atoms with Gasteiger partial charge in [0.15, 0.2) is 5.11 Å². The van der Waals surface area contributed by atoms with Gasteiger partial charge in [0.2, 0.25) is 5.91 Å². The highest BCUT2D eigenvalue weighted by Gasteiger charge is 2.14. The Hall–Kier alpha value is -1.95. The fourth-order valence-corrected chi connectivity index (χ4v) is 2.65. The molecule has 1 unspecified atom stereocenters. The molecular weight excluding hydrogens is 346 g/mol. The maximum absolute atomic E-state index is 12.4. The van der Waals surface area contributed by atoms with E-state index >= 15 is 0 Å². The van der Waals surface area contributed by atoms with Crippen LogP contribution in [0.2, 0.25) is 0 Å². The fraction of sp³-hybridized carbons (Fsp3) is 0.550. The van der Waals surface area contributed by atoms with Crippen molar-refractivity contribution in [3.63, 3.8) is 0 Å². The van der Waals surface area contributed by atoms with E-state index in [0.29, 0.717) is 17.7 Å². The van der Waals surface area contributed by atoms with Gasteiger partial charge in [-0.1, -0.05) is 51.7 Å². The van der Waals surface area contributed by atoms with Gasteiger partial charge in [-0.3, -0.25) is 9.59 Å². The van der Waals surface area contributed by atoms with Crippen molar-refractivity contribution >= 4 is 34.8 Å². The number of amides is 2. The lowest BCUT2D eigenvalue weighted by Gasteiger charge is -2.15. The summed E-state index contributed by atoms with van der Waals surface area (Å²) in [5, 5.41) is 8.80. The quantitative estimate of drug-likeness (QED) is 0.418. The van der Waals surface area contributed by atoms with E-state index in [9.17, 15) is 9.59 Å². The zero-order chi connectivity index (χ0) is 19.4. The van der Waals surface area contributed by atoms with Crippen LogP contribution in [0.25, 0.3) is 0 Å². The Morgan fingerprint density at radius 2 is 1.77 bits per heavy atom. The highest BCUT2D eigenvalue weighted by molar-refractivity contribution is 7.80. The van der Waals surface area contributed by atoms with Gasteiger partial charge in [-0.2, -0.15) is 0 Å². The Morgan fingerprint density at radius 1 is 1.08 bits per heavy atom. The number of thiocarbonyl (C=S) groups is 1. The summed E-state index contributed by atoms with van der Waals surface area (Å²) in [6, 6.07) is 7.22. The normalized spacial score (nSPS) is 11.5. The lowest BCUT2D eigenvalue weighted by Crippen LogP contribution is -2.36. The predicted octanol–water partition coefficient (Wildman–Crippen LogP) is 4.39. The minimum atomic E-state index is -0.160. The first-order valence-electron chi connectivity index (χ1n) is 9.48. The number of hydrogen-bond donors (Lipinski definition) is 3. The van der Waals surface area contributed by atoms with Crippen molar-refractivity contribution in [3.8, 4) is 0 Å². The molecule has 26 heavy (non-hydrogen) atoms. The number of anilines is 1. The molecule has 0 aliphatic carbocycles. The molecule has 3 N–H and O–H groups in total. The summed E-state index contributed by atoms with van der Waals surface area (Å²) in [7, 11) is 0. The van der Waals surface area contributed by atoms with Crippen LogP contribution in [0.4, 0.5) is 5.69 Å². The smallest absolute Gasteiger partial charge is 0.253 e. The summed E-state index contributed by atoms with van der Waals surface area (Å²) in [6.07, 6.45) is 6.78. The van der Waals surface area contributed by atoms with E-state index < -0.39 is 0 Å². The molecule has 0 radical (unpaired) electrons. The van der Waals surface area contributed by atoms with Crippen molar-refractivity contribution in [1.29, 1.82) is 0 Å². The molecule has 1 rings (SSSR count). The van der Waals surface area contributed by atoms with Gasteiger partial charge in [-0.25, -0.2) is 0 Å². The largest absolute Gasteiger partial charge is 0.350 e. The van der Waals surface area contributed by atoms with E-state index in [0.717, 1.165) is 25.7 Å². The lowest BCUT2D eigenvalue weighted by molar-refractivity contribution is -0.119. The first-order valence-corrected chi connectivity index (χ1v) is 9.89. The van der Waals surface area contributed by atoms with Gasteiger partial charge in [0.1, 0.15) is 0 Å². The van der Waals surface area contributed by atoms with Crippen molar-refractivity contribution in [2.45, 2.75) is 71.8 Å². The molecule has 1 aromatic rings. The Kier molecular flexibility index (Phi) is 10.5. The van der Waals surface area contributed by atoms with Gasteiger partial charge in [-0.15, -0.1) is 0 Å². The number of nitrogens with one attached hydrogen (secondary N) is 3. The lowest BCUT2D eigenvalue weighted by atomic mass is 10.1. The Morgan fingerprint density at radius 3 is 2.46 bits per heavy atom. The highest BCUT2D eigenvalue weighted by Crippen LogP contribution is 2.15. The number of carbonyl (C=O) groups is 2. The average molecular weight is 378 g/mol. The van der Waals surface area contributed by atoms with Crippen LogP contribution in [0.3, 0.4) is 0 Å². The molecule has 0 saturated carbocycles. The van der Waals surface area contributed by atoms with Gasteiger partial charge in [0.25, 0.3) is 5.91 Å². The van der Waals surface area contributed by atoms with Crippen LogP contribution >= 0.6 is 12.2 Å². The third-order valence-corrected chi connectivity index (χ3v) is 4.37. The van der Waals surface area contributed by atoms with Crippen LogP contribution in [0, 0.1) is 0 Å².